The standard InChI is InChI=1S/C6H12BNO/c1-5-4-6(9)2-3-8(5)7/h5H,2-4,7H2,1H3/t5-/m1/s1. The van der Waals surface area contributed by atoms with E-state index in [1.54, 1.807) is 0 Å². The Bertz CT molecular complexity index is 126. The van der Waals surface area contributed by atoms with E-state index < -0.39 is 0 Å². The van der Waals surface area contributed by atoms with E-state index in [-0.39, 0.29) is 0 Å². The molecule has 50 valence electrons. The van der Waals surface area contributed by atoms with Gasteiger partial charge in [0.25, 0.3) is 0 Å². The molecule has 1 rings (SSSR count). The Morgan fingerprint density at radius 1 is 1.78 bits per heavy atom. The Labute approximate surface area is 56.7 Å². The fourth-order valence-electron chi connectivity index (χ4n) is 1.11. The molecule has 2 nitrogen and oxygen atoms in total. The lowest BCUT2D eigenvalue weighted by Gasteiger charge is -2.28. The predicted molar refractivity (Wildman–Crippen MR) is 39.0 cm³/mol. The van der Waals surface area contributed by atoms with Gasteiger partial charge < -0.3 is 4.81 Å². The van der Waals surface area contributed by atoms with E-state index in [1.165, 1.54) is 0 Å². The Balaban J connectivity index is 2.44. The van der Waals surface area contributed by atoms with Crippen LogP contribution in [0.3, 0.4) is 0 Å². The zero-order valence-corrected chi connectivity index (χ0v) is 6.05. The molecule has 0 aromatic heterocycles. The third kappa shape index (κ3) is 1.55. The molecule has 0 aromatic rings. The molecule has 0 aromatic carbocycles. The summed E-state index contributed by atoms with van der Waals surface area (Å²) in [7, 11) is 2.07. The van der Waals surface area contributed by atoms with Crippen LogP contribution in [0.1, 0.15) is 19.8 Å². The third-order valence-electron chi connectivity index (χ3n) is 2.02. The van der Waals surface area contributed by atoms with Crippen LogP contribution in [0.15, 0.2) is 0 Å². The fourth-order valence-corrected chi connectivity index (χ4v) is 1.11. The highest BCUT2D eigenvalue weighted by atomic mass is 16.1. The maximum absolute atomic E-state index is 10.8. The molecule has 1 aliphatic heterocycles. The lowest BCUT2D eigenvalue weighted by molar-refractivity contribution is -0.121. The Hall–Kier alpha value is -0.305. The normalized spacial score (nSPS) is 30.8. The molecule has 1 atom stereocenters. The fraction of sp³-hybridized carbons (Fsp3) is 0.833. The summed E-state index contributed by atoms with van der Waals surface area (Å²) in [5.74, 6) is 0.417. The lowest BCUT2D eigenvalue weighted by atomic mass is 9.99. The SMILES string of the molecule is BN1CCC(=O)C[C@H]1C. The van der Waals surface area contributed by atoms with E-state index in [1.807, 2.05) is 0 Å². The summed E-state index contributed by atoms with van der Waals surface area (Å²) in [4.78, 5) is 13.0. The lowest BCUT2D eigenvalue weighted by Crippen LogP contribution is -2.38. The molecule has 1 fully saturated rings. The predicted octanol–water partition coefficient (Wildman–Crippen LogP) is -0.412. The number of hydrogen-bond donors (Lipinski definition) is 0. The van der Waals surface area contributed by atoms with Crippen LogP contribution in [0.2, 0.25) is 0 Å². The minimum absolute atomic E-state index is 0.417. The van der Waals surface area contributed by atoms with Crippen LogP contribution in [0.5, 0.6) is 0 Å². The number of hydrogen-bond acceptors (Lipinski definition) is 2. The molecule has 0 bridgehead atoms. The maximum atomic E-state index is 10.8. The van der Waals surface area contributed by atoms with E-state index in [4.69, 9.17) is 0 Å². The molecular formula is C6H12BNO. The summed E-state index contributed by atoms with van der Waals surface area (Å²) in [6, 6.07) is 0.464. The van der Waals surface area contributed by atoms with Crippen molar-refractivity contribution in [1.82, 2.24) is 4.81 Å². The molecule has 0 saturated carbocycles. The number of rotatable bonds is 0. The average Bonchev–Trinajstić information content (AvgIpc) is 1.80. The molecule has 1 saturated heterocycles. The minimum atomic E-state index is 0.417. The van der Waals surface area contributed by atoms with Gasteiger partial charge in [0.2, 0.25) is 0 Å². The number of ketones is 1. The molecule has 0 aliphatic carbocycles. The number of Topliss-reactive ketones (excluding diaryl/α,β-unsaturated/α-hetero) is 1. The topological polar surface area (TPSA) is 20.3 Å². The zero-order chi connectivity index (χ0) is 6.85. The molecule has 1 aliphatic rings. The van der Waals surface area contributed by atoms with Crippen LogP contribution < -0.4 is 0 Å². The summed E-state index contributed by atoms with van der Waals surface area (Å²) < 4.78 is 0. The van der Waals surface area contributed by atoms with Gasteiger partial charge in [0, 0.05) is 18.9 Å². The molecular weight excluding hydrogens is 113 g/mol. The van der Waals surface area contributed by atoms with Crippen molar-refractivity contribution in [2.45, 2.75) is 25.8 Å². The van der Waals surface area contributed by atoms with E-state index >= 15 is 0 Å². The van der Waals surface area contributed by atoms with Gasteiger partial charge >= 0.3 is 0 Å². The highest BCUT2D eigenvalue weighted by molar-refractivity contribution is 6.05. The number of carbonyl (C=O) groups excluding carboxylic acids is 1. The first kappa shape index (κ1) is 6.81. The Morgan fingerprint density at radius 3 is 2.89 bits per heavy atom. The van der Waals surface area contributed by atoms with E-state index in [0.29, 0.717) is 11.8 Å². The first-order valence-electron chi connectivity index (χ1n) is 3.42. The van der Waals surface area contributed by atoms with Gasteiger partial charge in [-0.05, 0) is 6.54 Å². The first-order chi connectivity index (χ1) is 4.20. The molecule has 0 N–H and O–H groups in total. The van der Waals surface area contributed by atoms with Gasteiger partial charge in [-0.15, -0.1) is 0 Å². The zero-order valence-electron chi connectivity index (χ0n) is 6.05. The molecule has 9 heavy (non-hydrogen) atoms. The molecule has 0 radical (unpaired) electrons. The van der Waals surface area contributed by atoms with Crippen LogP contribution in [0.25, 0.3) is 0 Å². The van der Waals surface area contributed by atoms with Gasteiger partial charge in [0.05, 0.1) is 0 Å². The minimum Gasteiger partial charge on any atom is -0.346 e. The molecule has 0 spiro atoms. The summed E-state index contributed by atoms with van der Waals surface area (Å²) in [5, 5.41) is 0. The van der Waals surface area contributed by atoms with Crippen molar-refractivity contribution in [3.05, 3.63) is 0 Å². The second-order valence-electron chi connectivity index (χ2n) is 2.82. The second kappa shape index (κ2) is 2.52. The summed E-state index contributed by atoms with van der Waals surface area (Å²) in [6.07, 6.45) is 1.50. The van der Waals surface area contributed by atoms with Gasteiger partial charge in [-0.25, -0.2) is 0 Å². The summed E-state index contributed by atoms with van der Waals surface area (Å²) in [5.41, 5.74) is 0. The van der Waals surface area contributed by atoms with Crippen molar-refractivity contribution in [1.29, 1.82) is 0 Å². The van der Waals surface area contributed by atoms with E-state index in [0.717, 1.165) is 19.4 Å². The second-order valence-corrected chi connectivity index (χ2v) is 2.82. The van der Waals surface area contributed by atoms with Crippen molar-refractivity contribution in [3.8, 4) is 0 Å². The van der Waals surface area contributed by atoms with Crippen molar-refractivity contribution in [2.75, 3.05) is 6.54 Å². The van der Waals surface area contributed by atoms with Crippen LogP contribution in [0, 0.1) is 0 Å². The monoisotopic (exact) mass is 125 g/mol. The average molecular weight is 125 g/mol. The van der Waals surface area contributed by atoms with E-state index in [2.05, 4.69) is 19.7 Å². The van der Waals surface area contributed by atoms with Crippen LogP contribution in [-0.4, -0.2) is 31.2 Å². The Kier molecular flexibility index (Phi) is 1.91. The third-order valence-corrected chi connectivity index (χ3v) is 2.02. The largest absolute Gasteiger partial charge is 0.346 e. The van der Waals surface area contributed by atoms with Gasteiger partial charge in [0.15, 0.2) is 7.98 Å². The Morgan fingerprint density at radius 2 is 2.44 bits per heavy atom. The number of nitrogens with zero attached hydrogens (tertiary/aromatic N) is 1. The van der Waals surface area contributed by atoms with Gasteiger partial charge in [0.1, 0.15) is 5.78 Å². The van der Waals surface area contributed by atoms with Crippen molar-refractivity contribution in [3.63, 3.8) is 0 Å². The van der Waals surface area contributed by atoms with E-state index in [9.17, 15) is 4.79 Å². The van der Waals surface area contributed by atoms with Crippen molar-refractivity contribution in [2.24, 2.45) is 0 Å². The molecule has 3 heteroatoms. The van der Waals surface area contributed by atoms with Gasteiger partial charge in [-0.3, -0.25) is 4.79 Å². The quantitative estimate of drug-likeness (QED) is 0.410. The molecule has 0 unspecified atom stereocenters. The summed E-state index contributed by atoms with van der Waals surface area (Å²) >= 11 is 0. The van der Waals surface area contributed by atoms with Gasteiger partial charge in [-0.2, -0.15) is 0 Å². The van der Waals surface area contributed by atoms with Crippen molar-refractivity contribution >= 4 is 13.8 Å². The smallest absolute Gasteiger partial charge is 0.185 e. The summed E-state index contributed by atoms with van der Waals surface area (Å²) in [6.45, 7) is 3.04. The van der Waals surface area contributed by atoms with Gasteiger partial charge in [-0.1, -0.05) is 6.92 Å². The maximum Gasteiger partial charge on any atom is 0.185 e. The van der Waals surface area contributed by atoms with Crippen LogP contribution in [-0.2, 0) is 4.79 Å². The number of carbonyl (C=O) groups is 1. The molecule has 1 heterocycles. The van der Waals surface area contributed by atoms with Crippen LogP contribution in [0.4, 0.5) is 0 Å². The highest BCUT2D eigenvalue weighted by Gasteiger charge is 2.18. The number of piperidine rings is 1. The van der Waals surface area contributed by atoms with Crippen molar-refractivity contribution < 1.29 is 4.79 Å². The highest BCUT2D eigenvalue weighted by Crippen LogP contribution is 2.09. The first-order valence-corrected chi connectivity index (χ1v) is 3.42. The van der Waals surface area contributed by atoms with Crippen LogP contribution >= 0.6 is 0 Å². The molecule has 0 amide bonds.